The van der Waals surface area contributed by atoms with Crippen LogP contribution in [0.3, 0.4) is 0 Å². The summed E-state index contributed by atoms with van der Waals surface area (Å²) in [7, 11) is 0. The number of hydrogen-bond acceptors (Lipinski definition) is 4. The van der Waals surface area contributed by atoms with Crippen molar-refractivity contribution in [3.05, 3.63) is 38.9 Å². The Balaban J connectivity index is 2.35. The van der Waals surface area contributed by atoms with Crippen LogP contribution in [0.4, 0.5) is 5.69 Å². The fourth-order valence-corrected chi connectivity index (χ4v) is 2.96. The van der Waals surface area contributed by atoms with Gasteiger partial charge in [-0.15, -0.1) is 0 Å². The number of nitro benzene ring substituents is 1. The number of hydrogen-bond donors (Lipinski definition) is 1. The highest BCUT2D eigenvalue weighted by Gasteiger charge is 2.31. The van der Waals surface area contributed by atoms with E-state index in [2.05, 4.69) is 5.32 Å². The Morgan fingerprint density at radius 2 is 2.14 bits per heavy atom. The predicted octanol–water partition coefficient (Wildman–Crippen LogP) is 2.46. The van der Waals surface area contributed by atoms with E-state index in [0.717, 1.165) is 25.9 Å². The Morgan fingerprint density at radius 1 is 1.48 bits per heavy atom. The molecule has 0 bridgehead atoms. The van der Waals surface area contributed by atoms with E-state index in [-0.39, 0.29) is 28.2 Å². The summed E-state index contributed by atoms with van der Waals surface area (Å²) >= 11 is 6.04. The lowest BCUT2D eigenvalue weighted by atomic mass is 10.0. The molecule has 0 unspecified atom stereocenters. The molecular formula is C14H18ClN3O3. The monoisotopic (exact) mass is 311 g/mol. The molecule has 0 atom stereocenters. The van der Waals surface area contributed by atoms with Gasteiger partial charge in [0.15, 0.2) is 0 Å². The lowest BCUT2D eigenvalue weighted by molar-refractivity contribution is -0.385. The summed E-state index contributed by atoms with van der Waals surface area (Å²) in [6.07, 6.45) is 1.69. The van der Waals surface area contributed by atoms with Crippen LogP contribution >= 0.6 is 11.6 Å². The molecule has 1 N–H and O–H groups in total. The minimum Gasteiger partial charge on any atom is -0.336 e. The number of piperidine rings is 1. The second-order valence-corrected chi connectivity index (χ2v) is 5.37. The third-order valence-corrected chi connectivity index (χ3v) is 4.07. The zero-order valence-electron chi connectivity index (χ0n) is 11.8. The van der Waals surface area contributed by atoms with E-state index >= 15 is 0 Å². The molecule has 1 aliphatic rings. The minimum atomic E-state index is -0.560. The number of carbonyl (C=O) groups is 1. The van der Waals surface area contributed by atoms with Gasteiger partial charge in [0.25, 0.3) is 11.6 Å². The number of nitrogens with zero attached hydrogens (tertiary/aromatic N) is 2. The number of amides is 1. The van der Waals surface area contributed by atoms with Gasteiger partial charge >= 0.3 is 0 Å². The normalized spacial score (nSPS) is 15.7. The Morgan fingerprint density at radius 3 is 2.71 bits per heavy atom. The van der Waals surface area contributed by atoms with Gasteiger partial charge in [-0.25, -0.2) is 0 Å². The van der Waals surface area contributed by atoms with Gasteiger partial charge in [-0.05, 0) is 38.9 Å². The molecule has 1 fully saturated rings. The maximum Gasteiger partial charge on any atom is 0.283 e. The van der Waals surface area contributed by atoms with Gasteiger partial charge in [0.2, 0.25) is 0 Å². The molecule has 1 heterocycles. The molecule has 1 saturated heterocycles. The van der Waals surface area contributed by atoms with E-state index in [1.807, 2.05) is 6.92 Å². The Bertz CT molecular complexity index is 544. The molecule has 0 spiro atoms. The largest absolute Gasteiger partial charge is 0.336 e. The zero-order chi connectivity index (χ0) is 15.4. The fourth-order valence-electron chi connectivity index (χ4n) is 2.71. The van der Waals surface area contributed by atoms with Gasteiger partial charge in [-0.2, -0.15) is 0 Å². The van der Waals surface area contributed by atoms with E-state index in [0.29, 0.717) is 6.54 Å². The molecule has 1 amide bonds. The van der Waals surface area contributed by atoms with Crippen LogP contribution in [0.15, 0.2) is 18.2 Å². The summed E-state index contributed by atoms with van der Waals surface area (Å²) in [5, 5.41) is 14.5. The van der Waals surface area contributed by atoms with Gasteiger partial charge in [0, 0.05) is 18.7 Å². The number of carbonyl (C=O) groups excluding carboxylic acids is 1. The van der Waals surface area contributed by atoms with E-state index in [9.17, 15) is 14.9 Å². The van der Waals surface area contributed by atoms with Crippen LogP contribution in [0, 0.1) is 10.1 Å². The van der Waals surface area contributed by atoms with Crippen LogP contribution < -0.4 is 5.32 Å². The van der Waals surface area contributed by atoms with Crippen LogP contribution in [0.1, 0.15) is 30.1 Å². The van der Waals surface area contributed by atoms with E-state index < -0.39 is 4.92 Å². The summed E-state index contributed by atoms with van der Waals surface area (Å²) in [6, 6.07) is 4.41. The van der Waals surface area contributed by atoms with E-state index in [4.69, 9.17) is 11.6 Å². The van der Waals surface area contributed by atoms with Gasteiger partial charge in [-0.3, -0.25) is 14.9 Å². The minimum absolute atomic E-state index is 0.00968. The molecule has 0 aliphatic carbocycles. The SMILES string of the molecule is CCN(C(=O)c1c(Cl)cccc1[N+](=O)[O-])C1CCNCC1. The van der Waals surface area contributed by atoms with Gasteiger partial charge in [0.05, 0.1) is 9.95 Å². The summed E-state index contributed by atoms with van der Waals surface area (Å²) in [6.45, 7) is 4.08. The number of nitrogens with one attached hydrogen (secondary N) is 1. The molecule has 7 heteroatoms. The number of halogens is 1. The van der Waals surface area contributed by atoms with Crippen molar-refractivity contribution in [1.29, 1.82) is 0 Å². The second kappa shape index (κ2) is 6.87. The molecule has 6 nitrogen and oxygen atoms in total. The van der Waals surface area contributed by atoms with E-state index in [1.165, 1.54) is 18.2 Å². The summed E-state index contributed by atoms with van der Waals surface area (Å²) in [4.78, 5) is 25.0. The molecule has 0 aromatic heterocycles. The fraction of sp³-hybridized carbons (Fsp3) is 0.500. The first-order valence-electron chi connectivity index (χ1n) is 7.00. The van der Waals surface area contributed by atoms with Crippen molar-refractivity contribution in [2.45, 2.75) is 25.8 Å². The van der Waals surface area contributed by atoms with Crippen LogP contribution in [-0.4, -0.2) is 41.4 Å². The van der Waals surface area contributed by atoms with Crippen molar-refractivity contribution >= 4 is 23.2 Å². The third-order valence-electron chi connectivity index (χ3n) is 3.75. The first-order valence-corrected chi connectivity index (χ1v) is 7.38. The standard InChI is InChI=1S/C14H18ClN3O3/c1-2-17(10-6-8-16-9-7-10)14(19)13-11(15)4-3-5-12(13)18(20)21/h3-5,10,16H,2,6-9H2,1H3. The maximum absolute atomic E-state index is 12.7. The molecule has 0 saturated carbocycles. The van der Waals surface area contributed by atoms with Gasteiger partial charge < -0.3 is 10.2 Å². The Kier molecular flexibility index (Phi) is 5.14. The summed E-state index contributed by atoms with van der Waals surface area (Å²) < 4.78 is 0. The van der Waals surface area contributed by atoms with Crippen molar-refractivity contribution in [2.75, 3.05) is 19.6 Å². The van der Waals surface area contributed by atoms with Crippen molar-refractivity contribution < 1.29 is 9.72 Å². The molecule has 114 valence electrons. The van der Waals surface area contributed by atoms with Gasteiger partial charge in [0.1, 0.15) is 5.56 Å². The summed E-state index contributed by atoms with van der Waals surface area (Å²) in [5.41, 5.74) is -0.246. The average Bonchev–Trinajstić information content (AvgIpc) is 2.48. The molecule has 2 rings (SSSR count). The maximum atomic E-state index is 12.7. The lowest BCUT2D eigenvalue weighted by Gasteiger charge is -2.34. The molecule has 1 aliphatic heterocycles. The molecule has 21 heavy (non-hydrogen) atoms. The number of nitro groups is 1. The highest BCUT2D eigenvalue weighted by atomic mass is 35.5. The Hall–Kier alpha value is -1.66. The summed E-state index contributed by atoms with van der Waals surface area (Å²) in [5.74, 6) is -0.360. The molecule has 1 aromatic carbocycles. The average molecular weight is 312 g/mol. The van der Waals surface area contributed by atoms with Gasteiger partial charge in [-0.1, -0.05) is 17.7 Å². The highest BCUT2D eigenvalue weighted by molar-refractivity contribution is 6.34. The molecular weight excluding hydrogens is 294 g/mol. The predicted molar refractivity (Wildman–Crippen MR) is 80.7 cm³/mol. The van der Waals surface area contributed by atoms with Crippen LogP contribution in [0.25, 0.3) is 0 Å². The van der Waals surface area contributed by atoms with Crippen LogP contribution in [0.2, 0.25) is 5.02 Å². The topological polar surface area (TPSA) is 75.5 Å². The quantitative estimate of drug-likeness (QED) is 0.684. The first kappa shape index (κ1) is 15.7. The third kappa shape index (κ3) is 3.33. The highest BCUT2D eigenvalue weighted by Crippen LogP contribution is 2.29. The number of rotatable bonds is 4. The van der Waals surface area contributed by atoms with Crippen LogP contribution in [-0.2, 0) is 0 Å². The first-order chi connectivity index (χ1) is 10.1. The molecule has 1 aromatic rings. The molecule has 0 radical (unpaired) electrons. The zero-order valence-corrected chi connectivity index (χ0v) is 12.6. The van der Waals surface area contributed by atoms with Crippen LogP contribution in [0.5, 0.6) is 0 Å². The van der Waals surface area contributed by atoms with Crippen molar-refractivity contribution in [3.63, 3.8) is 0 Å². The second-order valence-electron chi connectivity index (χ2n) is 4.96. The Labute approximate surface area is 128 Å². The van der Waals surface area contributed by atoms with E-state index in [1.54, 1.807) is 4.90 Å². The number of benzene rings is 1. The smallest absolute Gasteiger partial charge is 0.283 e. The van der Waals surface area contributed by atoms with Crippen molar-refractivity contribution in [1.82, 2.24) is 10.2 Å². The van der Waals surface area contributed by atoms with Crippen molar-refractivity contribution in [2.24, 2.45) is 0 Å². The van der Waals surface area contributed by atoms with Crippen molar-refractivity contribution in [3.8, 4) is 0 Å². The lowest BCUT2D eigenvalue weighted by Crippen LogP contribution is -2.46.